The molecule has 1 aliphatic heterocycles. The summed E-state index contributed by atoms with van der Waals surface area (Å²) in [5.74, 6) is 0.119. The summed E-state index contributed by atoms with van der Waals surface area (Å²) in [6, 6.07) is 11.5. The highest BCUT2D eigenvalue weighted by molar-refractivity contribution is 9.10. The molecule has 4 nitrogen and oxygen atoms in total. The zero-order valence-corrected chi connectivity index (χ0v) is 14.2. The summed E-state index contributed by atoms with van der Waals surface area (Å²) in [4.78, 5) is 17.3. The first-order chi connectivity index (χ1) is 10.7. The molecule has 1 aromatic heterocycles. The molecule has 2 aromatic rings. The van der Waals surface area contributed by atoms with Crippen molar-refractivity contribution in [3.05, 3.63) is 50.6 Å². The van der Waals surface area contributed by atoms with Crippen LogP contribution < -0.4 is 4.90 Å². The molecular weight excluding hydrogens is 362 g/mol. The minimum Gasteiger partial charge on any atom is -0.367 e. The molecule has 1 aliphatic rings. The number of nitriles is 1. The molecule has 0 atom stereocenters. The van der Waals surface area contributed by atoms with E-state index in [1.807, 2.05) is 40.6 Å². The van der Waals surface area contributed by atoms with E-state index < -0.39 is 0 Å². The number of nitrogens with zero attached hydrogens (tertiary/aromatic N) is 3. The summed E-state index contributed by atoms with van der Waals surface area (Å²) in [6.45, 7) is 3.01. The number of benzene rings is 1. The van der Waals surface area contributed by atoms with E-state index in [4.69, 9.17) is 5.26 Å². The van der Waals surface area contributed by atoms with Gasteiger partial charge >= 0.3 is 0 Å². The highest BCUT2D eigenvalue weighted by Crippen LogP contribution is 2.28. The highest BCUT2D eigenvalue weighted by atomic mass is 79.9. The number of hydrogen-bond donors (Lipinski definition) is 0. The second kappa shape index (κ2) is 6.51. The molecular formula is C16H14BrN3OS. The molecule has 0 saturated carbocycles. The fourth-order valence-electron chi connectivity index (χ4n) is 2.54. The fraction of sp³-hybridized carbons (Fsp3) is 0.250. The van der Waals surface area contributed by atoms with Crippen LogP contribution in [0, 0.1) is 11.3 Å². The first-order valence-corrected chi connectivity index (χ1v) is 8.63. The second-order valence-electron chi connectivity index (χ2n) is 5.03. The summed E-state index contributed by atoms with van der Waals surface area (Å²) in [5, 5.41) is 10.8. The van der Waals surface area contributed by atoms with Gasteiger partial charge in [-0.05, 0) is 45.6 Å². The van der Waals surface area contributed by atoms with Crippen molar-refractivity contribution in [3.8, 4) is 6.07 Å². The molecule has 1 fully saturated rings. The number of thiophene rings is 1. The lowest BCUT2D eigenvalue weighted by Gasteiger charge is -2.36. The van der Waals surface area contributed by atoms with E-state index in [9.17, 15) is 4.79 Å². The van der Waals surface area contributed by atoms with Crippen LogP contribution in [0.25, 0.3) is 0 Å². The molecule has 1 aromatic carbocycles. The maximum atomic E-state index is 12.3. The Balaban J connectivity index is 1.67. The van der Waals surface area contributed by atoms with Crippen LogP contribution in [-0.4, -0.2) is 37.0 Å². The normalized spacial score (nSPS) is 14.7. The molecule has 0 N–H and O–H groups in total. The van der Waals surface area contributed by atoms with Gasteiger partial charge in [0.05, 0.1) is 22.2 Å². The van der Waals surface area contributed by atoms with Crippen LogP contribution in [0.15, 0.2) is 40.2 Å². The number of piperazine rings is 1. The standard InChI is InChI=1S/C16H14BrN3OS/c17-13-10-12(11-18)3-4-14(13)19-5-7-20(8-6-19)16(21)15-2-1-9-22-15/h1-4,9-10H,5-8H2. The fourth-order valence-corrected chi connectivity index (χ4v) is 3.86. The zero-order chi connectivity index (χ0) is 15.5. The number of halogens is 1. The lowest BCUT2D eigenvalue weighted by Crippen LogP contribution is -2.48. The molecule has 2 heterocycles. The van der Waals surface area contributed by atoms with Gasteiger partial charge in [-0.25, -0.2) is 0 Å². The average Bonchev–Trinajstić information content (AvgIpc) is 3.08. The third-order valence-corrected chi connectivity index (χ3v) is 5.21. The third kappa shape index (κ3) is 3.01. The van der Waals surface area contributed by atoms with Gasteiger partial charge in [0.1, 0.15) is 0 Å². The van der Waals surface area contributed by atoms with Gasteiger partial charge in [-0.1, -0.05) is 6.07 Å². The Bertz CT molecular complexity index is 715. The van der Waals surface area contributed by atoms with E-state index in [1.54, 1.807) is 0 Å². The maximum Gasteiger partial charge on any atom is 0.264 e. The van der Waals surface area contributed by atoms with Crippen LogP contribution in [0.5, 0.6) is 0 Å². The maximum absolute atomic E-state index is 12.3. The number of carbonyl (C=O) groups excluding carboxylic acids is 1. The predicted octanol–water partition coefficient (Wildman–Crippen LogP) is 3.34. The van der Waals surface area contributed by atoms with Gasteiger partial charge in [0, 0.05) is 30.7 Å². The molecule has 0 aliphatic carbocycles. The number of anilines is 1. The predicted molar refractivity (Wildman–Crippen MR) is 91.3 cm³/mol. The summed E-state index contributed by atoms with van der Waals surface area (Å²) >= 11 is 5.01. The van der Waals surface area contributed by atoms with E-state index >= 15 is 0 Å². The largest absolute Gasteiger partial charge is 0.367 e. The smallest absolute Gasteiger partial charge is 0.264 e. The molecule has 1 amide bonds. The van der Waals surface area contributed by atoms with Crippen molar-refractivity contribution in [1.29, 1.82) is 5.26 Å². The molecule has 0 spiro atoms. The van der Waals surface area contributed by atoms with Gasteiger partial charge < -0.3 is 9.80 Å². The van der Waals surface area contributed by atoms with Crippen LogP contribution >= 0.6 is 27.3 Å². The van der Waals surface area contributed by atoms with E-state index in [2.05, 4.69) is 26.9 Å². The first-order valence-electron chi connectivity index (χ1n) is 6.96. The van der Waals surface area contributed by atoms with E-state index in [1.165, 1.54) is 11.3 Å². The Morgan fingerprint density at radius 2 is 2.00 bits per heavy atom. The van der Waals surface area contributed by atoms with Crippen molar-refractivity contribution in [1.82, 2.24) is 4.90 Å². The Kier molecular flexibility index (Phi) is 4.46. The van der Waals surface area contributed by atoms with Gasteiger partial charge in [0.2, 0.25) is 0 Å². The summed E-state index contributed by atoms with van der Waals surface area (Å²) in [6.07, 6.45) is 0. The van der Waals surface area contributed by atoms with Crippen molar-refractivity contribution in [2.45, 2.75) is 0 Å². The van der Waals surface area contributed by atoms with Crippen molar-refractivity contribution in [3.63, 3.8) is 0 Å². The van der Waals surface area contributed by atoms with Crippen LogP contribution in [0.4, 0.5) is 5.69 Å². The van der Waals surface area contributed by atoms with Crippen LogP contribution in [0.1, 0.15) is 15.2 Å². The number of hydrogen-bond acceptors (Lipinski definition) is 4. The summed E-state index contributed by atoms with van der Waals surface area (Å²) in [5.41, 5.74) is 1.71. The summed E-state index contributed by atoms with van der Waals surface area (Å²) < 4.78 is 0.921. The molecule has 0 radical (unpaired) electrons. The molecule has 6 heteroatoms. The average molecular weight is 376 g/mol. The quantitative estimate of drug-likeness (QED) is 0.808. The van der Waals surface area contributed by atoms with Crippen LogP contribution in [-0.2, 0) is 0 Å². The minimum absolute atomic E-state index is 0.119. The molecule has 0 bridgehead atoms. The Morgan fingerprint density at radius 1 is 1.23 bits per heavy atom. The van der Waals surface area contributed by atoms with Gasteiger partial charge in [0.15, 0.2) is 0 Å². The van der Waals surface area contributed by atoms with Crippen molar-refractivity contribution in [2.24, 2.45) is 0 Å². The first kappa shape index (κ1) is 15.1. The molecule has 3 rings (SSSR count). The Morgan fingerprint density at radius 3 is 2.59 bits per heavy atom. The highest BCUT2D eigenvalue weighted by Gasteiger charge is 2.23. The number of rotatable bonds is 2. The Hall–Kier alpha value is -1.84. The zero-order valence-electron chi connectivity index (χ0n) is 11.8. The van der Waals surface area contributed by atoms with Gasteiger partial charge in [0.25, 0.3) is 5.91 Å². The van der Waals surface area contributed by atoms with E-state index in [0.29, 0.717) is 18.7 Å². The monoisotopic (exact) mass is 375 g/mol. The Labute approximate surface area is 141 Å². The van der Waals surface area contributed by atoms with Crippen LogP contribution in [0.2, 0.25) is 0 Å². The number of carbonyl (C=O) groups is 1. The van der Waals surface area contributed by atoms with Crippen molar-refractivity contribution < 1.29 is 4.79 Å². The minimum atomic E-state index is 0.119. The molecule has 1 saturated heterocycles. The van der Waals surface area contributed by atoms with Gasteiger partial charge in [-0.3, -0.25) is 4.79 Å². The second-order valence-corrected chi connectivity index (χ2v) is 6.84. The summed E-state index contributed by atoms with van der Waals surface area (Å²) in [7, 11) is 0. The molecule has 22 heavy (non-hydrogen) atoms. The topological polar surface area (TPSA) is 47.3 Å². The van der Waals surface area contributed by atoms with Crippen LogP contribution in [0.3, 0.4) is 0 Å². The van der Waals surface area contributed by atoms with E-state index in [-0.39, 0.29) is 5.91 Å². The lowest BCUT2D eigenvalue weighted by atomic mass is 10.2. The van der Waals surface area contributed by atoms with Gasteiger partial charge in [-0.15, -0.1) is 11.3 Å². The molecule has 0 unspecified atom stereocenters. The number of amides is 1. The third-order valence-electron chi connectivity index (χ3n) is 3.72. The SMILES string of the molecule is N#Cc1ccc(N2CCN(C(=O)c3cccs3)CC2)c(Br)c1. The van der Waals surface area contributed by atoms with Crippen molar-refractivity contribution in [2.75, 3.05) is 31.1 Å². The molecule has 112 valence electrons. The van der Waals surface area contributed by atoms with Crippen molar-refractivity contribution >= 4 is 38.9 Å². The van der Waals surface area contributed by atoms with Gasteiger partial charge in [-0.2, -0.15) is 5.26 Å². The lowest BCUT2D eigenvalue weighted by molar-refractivity contribution is 0.0751. The van der Waals surface area contributed by atoms with E-state index in [0.717, 1.165) is 28.1 Å².